The fourth-order valence-electron chi connectivity index (χ4n) is 1.64. The number of hydrogen-bond acceptors (Lipinski definition) is 2. The molecule has 2 rings (SSSR count). The monoisotopic (exact) mass is 234 g/mol. The van der Waals surface area contributed by atoms with E-state index in [4.69, 9.17) is 5.11 Å². The third-order valence-corrected chi connectivity index (χ3v) is 2.50. The fourth-order valence-corrected chi connectivity index (χ4v) is 1.64. The van der Waals surface area contributed by atoms with Gasteiger partial charge in [-0.2, -0.15) is 0 Å². The Morgan fingerprint density at radius 1 is 1.41 bits per heavy atom. The molecule has 1 N–H and O–H groups in total. The molecule has 88 valence electrons. The molecular weight excluding hydrogens is 223 g/mol. The maximum atomic E-state index is 12.8. The van der Waals surface area contributed by atoms with E-state index in [9.17, 15) is 9.18 Å². The van der Waals surface area contributed by atoms with Crippen molar-refractivity contribution in [3.05, 3.63) is 47.8 Å². The van der Waals surface area contributed by atoms with Crippen LogP contribution < -0.4 is 0 Å². The first-order valence-electron chi connectivity index (χ1n) is 5.08. The highest BCUT2D eigenvalue weighted by Gasteiger charge is 2.12. The van der Waals surface area contributed by atoms with Crippen molar-refractivity contribution in [3.63, 3.8) is 0 Å². The molecule has 17 heavy (non-hydrogen) atoms. The number of imidazole rings is 1. The Morgan fingerprint density at radius 3 is 2.65 bits per heavy atom. The van der Waals surface area contributed by atoms with E-state index in [1.165, 1.54) is 12.1 Å². The summed E-state index contributed by atoms with van der Waals surface area (Å²) in [5.41, 5.74) is 1.96. The summed E-state index contributed by atoms with van der Waals surface area (Å²) >= 11 is 0. The molecule has 0 bridgehead atoms. The Hall–Kier alpha value is -2.17. The van der Waals surface area contributed by atoms with Crippen molar-refractivity contribution >= 4 is 5.97 Å². The zero-order valence-corrected chi connectivity index (χ0v) is 9.22. The van der Waals surface area contributed by atoms with Crippen LogP contribution >= 0.6 is 0 Å². The maximum Gasteiger partial charge on any atom is 0.309 e. The number of halogens is 1. The van der Waals surface area contributed by atoms with Gasteiger partial charge in [-0.05, 0) is 31.2 Å². The summed E-state index contributed by atoms with van der Waals surface area (Å²) in [7, 11) is 0. The lowest BCUT2D eigenvalue weighted by Crippen LogP contribution is -2.07. The minimum Gasteiger partial charge on any atom is -0.481 e. The van der Waals surface area contributed by atoms with E-state index in [-0.39, 0.29) is 12.2 Å². The second kappa shape index (κ2) is 4.37. The first-order chi connectivity index (χ1) is 8.08. The summed E-state index contributed by atoms with van der Waals surface area (Å²) in [5.74, 6) is -1.25. The molecule has 0 saturated carbocycles. The summed E-state index contributed by atoms with van der Waals surface area (Å²) in [6, 6.07) is 5.83. The molecule has 1 aromatic heterocycles. The second-order valence-corrected chi connectivity index (χ2v) is 3.69. The lowest BCUT2D eigenvalue weighted by Gasteiger charge is -2.07. The summed E-state index contributed by atoms with van der Waals surface area (Å²) in [6.07, 6.45) is 1.43. The van der Waals surface area contributed by atoms with Crippen molar-refractivity contribution in [2.45, 2.75) is 13.3 Å². The molecule has 0 radical (unpaired) electrons. The molecule has 0 fully saturated rings. The number of aliphatic carboxylic acids is 1. The average molecular weight is 234 g/mol. The number of carboxylic acid groups (broad SMARTS) is 1. The van der Waals surface area contributed by atoms with E-state index in [0.29, 0.717) is 17.1 Å². The lowest BCUT2D eigenvalue weighted by molar-refractivity contribution is -0.136. The van der Waals surface area contributed by atoms with Crippen molar-refractivity contribution < 1.29 is 14.3 Å². The highest BCUT2D eigenvalue weighted by atomic mass is 19.1. The molecule has 5 heteroatoms. The summed E-state index contributed by atoms with van der Waals surface area (Å²) in [6.45, 7) is 1.75. The number of benzene rings is 1. The van der Waals surface area contributed by atoms with Crippen LogP contribution in [0.1, 0.15) is 11.4 Å². The first kappa shape index (κ1) is 11.3. The Kier molecular flexibility index (Phi) is 2.91. The van der Waals surface area contributed by atoms with Crippen molar-refractivity contribution in [1.29, 1.82) is 0 Å². The zero-order valence-electron chi connectivity index (χ0n) is 9.22. The van der Waals surface area contributed by atoms with E-state index in [1.54, 1.807) is 30.0 Å². The van der Waals surface area contributed by atoms with Crippen LogP contribution in [0.15, 0.2) is 30.6 Å². The smallest absolute Gasteiger partial charge is 0.309 e. The topological polar surface area (TPSA) is 55.1 Å². The molecule has 0 atom stereocenters. The molecule has 0 unspecified atom stereocenters. The summed E-state index contributed by atoms with van der Waals surface area (Å²) < 4.78 is 14.5. The molecule has 0 saturated heterocycles. The van der Waals surface area contributed by atoms with Crippen LogP contribution in [0.5, 0.6) is 0 Å². The van der Waals surface area contributed by atoms with Gasteiger partial charge in [0.15, 0.2) is 0 Å². The minimum absolute atomic E-state index is 0.108. The number of rotatable bonds is 3. The number of nitrogens with zero attached hydrogens (tertiary/aromatic N) is 2. The number of aromatic nitrogens is 2. The highest BCUT2D eigenvalue weighted by molar-refractivity contribution is 5.70. The van der Waals surface area contributed by atoms with E-state index in [1.807, 2.05) is 0 Å². The molecule has 0 aliphatic heterocycles. The van der Waals surface area contributed by atoms with Crippen LogP contribution in [0.2, 0.25) is 0 Å². The van der Waals surface area contributed by atoms with Gasteiger partial charge in [-0.1, -0.05) is 0 Å². The predicted octanol–water partition coefficient (Wildman–Crippen LogP) is 1.95. The standard InChI is InChI=1S/C12H11FN2O2/c1-8-11(6-12(16)17)15(7-14-8)10-4-2-9(13)3-5-10/h2-5,7H,6H2,1H3,(H,16,17). The van der Waals surface area contributed by atoms with Gasteiger partial charge in [0.05, 0.1) is 24.1 Å². The van der Waals surface area contributed by atoms with Crippen LogP contribution in [0.25, 0.3) is 5.69 Å². The number of carbonyl (C=O) groups is 1. The summed E-state index contributed by atoms with van der Waals surface area (Å²) in [5, 5.41) is 8.82. The van der Waals surface area contributed by atoms with E-state index in [2.05, 4.69) is 4.98 Å². The van der Waals surface area contributed by atoms with Gasteiger partial charge in [-0.3, -0.25) is 4.79 Å². The van der Waals surface area contributed by atoms with Crippen LogP contribution in [0.3, 0.4) is 0 Å². The Bertz CT molecular complexity index is 546. The Balaban J connectivity index is 2.45. The van der Waals surface area contributed by atoms with E-state index < -0.39 is 5.97 Å². The van der Waals surface area contributed by atoms with Crippen molar-refractivity contribution in [1.82, 2.24) is 9.55 Å². The number of aryl methyl sites for hydroxylation is 1. The lowest BCUT2D eigenvalue weighted by atomic mass is 10.2. The number of carboxylic acids is 1. The van der Waals surface area contributed by atoms with Gasteiger partial charge in [-0.15, -0.1) is 0 Å². The van der Waals surface area contributed by atoms with Gasteiger partial charge in [-0.25, -0.2) is 9.37 Å². The SMILES string of the molecule is Cc1ncn(-c2ccc(F)cc2)c1CC(=O)O. The normalized spacial score (nSPS) is 10.5. The molecule has 0 aliphatic rings. The zero-order chi connectivity index (χ0) is 12.4. The summed E-state index contributed by atoms with van der Waals surface area (Å²) in [4.78, 5) is 14.8. The predicted molar refractivity (Wildman–Crippen MR) is 59.6 cm³/mol. The van der Waals surface area contributed by atoms with Gasteiger partial charge in [0.1, 0.15) is 5.82 Å². The molecule has 4 nitrogen and oxygen atoms in total. The van der Waals surface area contributed by atoms with Crippen LogP contribution in [0, 0.1) is 12.7 Å². The quantitative estimate of drug-likeness (QED) is 0.883. The molecular formula is C12H11FN2O2. The average Bonchev–Trinajstić information content (AvgIpc) is 2.61. The van der Waals surface area contributed by atoms with E-state index >= 15 is 0 Å². The molecule has 0 spiro atoms. The largest absolute Gasteiger partial charge is 0.481 e. The third kappa shape index (κ3) is 2.33. The van der Waals surface area contributed by atoms with Crippen LogP contribution in [0.4, 0.5) is 4.39 Å². The fraction of sp³-hybridized carbons (Fsp3) is 0.167. The van der Waals surface area contributed by atoms with Crippen LogP contribution in [-0.2, 0) is 11.2 Å². The van der Waals surface area contributed by atoms with Gasteiger partial charge in [0, 0.05) is 5.69 Å². The number of hydrogen-bond donors (Lipinski definition) is 1. The first-order valence-corrected chi connectivity index (χ1v) is 5.08. The Morgan fingerprint density at radius 2 is 2.06 bits per heavy atom. The molecule has 2 aromatic rings. The van der Waals surface area contributed by atoms with Crippen LogP contribution in [-0.4, -0.2) is 20.6 Å². The van der Waals surface area contributed by atoms with Gasteiger partial charge in [0.25, 0.3) is 0 Å². The van der Waals surface area contributed by atoms with Crippen molar-refractivity contribution in [2.24, 2.45) is 0 Å². The van der Waals surface area contributed by atoms with Gasteiger partial charge < -0.3 is 9.67 Å². The molecule has 0 aliphatic carbocycles. The molecule has 1 aromatic carbocycles. The van der Waals surface area contributed by atoms with Crippen molar-refractivity contribution in [2.75, 3.05) is 0 Å². The van der Waals surface area contributed by atoms with Gasteiger partial charge >= 0.3 is 5.97 Å². The van der Waals surface area contributed by atoms with Crippen molar-refractivity contribution in [3.8, 4) is 5.69 Å². The molecule has 0 amide bonds. The van der Waals surface area contributed by atoms with Gasteiger partial charge in [0.2, 0.25) is 0 Å². The minimum atomic E-state index is -0.919. The van der Waals surface area contributed by atoms with E-state index in [0.717, 1.165) is 0 Å². The Labute approximate surface area is 97.3 Å². The molecule has 1 heterocycles. The maximum absolute atomic E-state index is 12.8. The second-order valence-electron chi connectivity index (χ2n) is 3.69. The third-order valence-electron chi connectivity index (χ3n) is 2.50. The highest BCUT2D eigenvalue weighted by Crippen LogP contribution is 2.15.